The van der Waals surface area contributed by atoms with Gasteiger partial charge in [0.05, 0.1) is 25.7 Å². The minimum atomic E-state index is -3.37. The van der Waals surface area contributed by atoms with Gasteiger partial charge in [-0.2, -0.15) is 4.99 Å². The van der Waals surface area contributed by atoms with Crippen molar-refractivity contribution in [3.63, 3.8) is 0 Å². The van der Waals surface area contributed by atoms with Crippen LogP contribution in [0.3, 0.4) is 0 Å². The summed E-state index contributed by atoms with van der Waals surface area (Å²) in [6.45, 7) is 4.03. The summed E-state index contributed by atoms with van der Waals surface area (Å²) in [6, 6.07) is 8.60. The van der Waals surface area contributed by atoms with Gasteiger partial charge in [-0.25, -0.2) is 12.8 Å². The molecule has 3 aromatic rings. The number of fused-ring (bicyclic) bond motifs is 1. The Hall–Kier alpha value is -2.29. The van der Waals surface area contributed by atoms with Crippen molar-refractivity contribution < 1.29 is 17.6 Å². The summed E-state index contributed by atoms with van der Waals surface area (Å²) in [4.78, 5) is 17.0. The molecule has 0 aliphatic carbocycles. The van der Waals surface area contributed by atoms with Crippen molar-refractivity contribution in [3.8, 4) is 0 Å². The van der Waals surface area contributed by atoms with Crippen LogP contribution in [-0.4, -0.2) is 25.1 Å². The maximum Gasteiger partial charge on any atom is 0.284 e. The van der Waals surface area contributed by atoms with Gasteiger partial charge in [0.1, 0.15) is 5.82 Å². The van der Waals surface area contributed by atoms with Gasteiger partial charge in [0.15, 0.2) is 14.6 Å². The maximum absolute atomic E-state index is 14.0. The number of amides is 1. The van der Waals surface area contributed by atoms with Gasteiger partial charge in [0, 0.05) is 12.8 Å². The zero-order chi connectivity index (χ0) is 19.8. The monoisotopic (exact) mass is 424 g/mol. The van der Waals surface area contributed by atoms with E-state index in [9.17, 15) is 17.6 Å². The number of halogens is 2. The largest absolute Gasteiger partial charge is 0.312 e. The molecule has 0 aliphatic rings. The third-order valence-electron chi connectivity index (χ3n) is 3.77. The van der Waals surface area contributed by atoms with E-state index in [1.54, 1.807) is 16.7 Å². The van der Waals surface area contributed by atoms with Crippen molar-refractivity contribution in [2.75, 3.05) is 6.26 Å². The van der Waals surface area contributed by atoms with Crippen LogP contribution in [0.5, 0.6) is 0 Å². The normalized spacial score (nSPS) is 12.5. The molecule has 1 amide bonds. The van der Waals surface area contributed by atoms with Crippen LogP contribution in [0.1, 0.15) is 10.4 Å². The SMILES string of the molecule is C=CCn1c(=NC(=O)c2c(F)cccc2Cl)sc2cc(S(C)(=O)=O)ccc21. The van der Waals surface area contributed by atoms with E-state index in [1.807, 2.05) is 0 Å². The second-order valence-corrected chi connectivity index (χ2v) is 9.13. The highest BCUT2D eigenvalue weighted by atomic mass is 35.5. The third-order valence-corrected chi connectivity index (χ3v) is 6.23. The molecule has 2 aromatic carbocycles. The Bertz CT molecular complexity index is 1220. The molecule has 5 nitrogen and oxygen atoms in total. The lowest BCUT2D eigenvalue weighted by Gasteiger charge is -2.03. The van der Waals surface area contributed by atoms with Gasteiger partial charge < -0.3 is 4.57 Å². The molecule has 0 spiro atoms. The number of carbonyl (C=O) groups excluding carboxylic acids is 1. The van der Waals surface area contributed by atoms with E-state index in [0.29, 0.717) is 21.6 Å². The van der Waals surface area contributed by atoms with Crippen molar-refractivity contribution in [3.05, 3.63) is 70.3 Å². The Kier molecular flexibility index (Phi) is 5.32. The molecule has 0 radical (unpaired) electrons. The summed E-state index contributed by atoms with van der Waals surface area (Å²) in [6.07, 6.45) is 2.74. The van der Waals surface area contributed by atoms with E-state index in [0.717, 1.165) is 23.7 Å². The summed E-state index contributed by atoms with van der Waals surface area (Å²) < 4.78 is 39.9. The molecule has 140 valence electrons. The van der Waals surface area contributed by atoms with E-state index in [2.05, 4.69) is 11.6 Å². The molecule has 3 rings (SSSR count). The van der Waals surface area contributed by atoms with Crippen LogP contribution < -0.4 is 4.80 Å². The number of thiazole rings is 1. The van der Waals surface area contributed by atoms with Gasteiger partial charge >= 0.3 is 0 Å². The van der Waals surface area contributed by atoms with Crippen molar-refractivity contribution in [1.29, 1.82) is 0 Å². The van der Waals surface area contributed by atoms with E-state index < -0.39 is 21.6 Å². The van der Waals surface area contributed by atoms with Crippen molar-refractivity contribution >= 4 is 48.9 Å². The molecule has 27 heavy (non-hydrogen) atoms. The summed E-state index contributed by atoms with van der Waals surface area (Å²) in [5.41, 5.74) is 0.386. The molecule has 9 heteroatoms. The average molecular weight is 425 g/mol. The Morgan fingerprint density at radius 1 is 1.37 bits per heavy atom. The summed E-state index contributed by atoms with van der Waals surface area (Å²) >= 11 is 7.06. The first-order valence-corrected chi connectivity index (χ1v) is 10.8. The lowest BCUT2D eigenvalue weighted by molar-refractivity contribution is 0.0994. The number of benzene rings is 2. The zero-order valence-corrected chi connectivity index (χ0v) is 16.5. The van der Waals surface area contributed by atoms with Gasteiger partial charge in [0.2, 0.25) is 0 Å². The highest BCUT2D eigenvalue weighted by molar-refractivity contribution is 7.90. The molecule has 0 bridgehead atoms. The van der Waals surface area contributed by atoms with Gasteiger partial charge in [-0.1, -0.05) is 35.1 Å². The van der Waals surface area contributed by atoms with Gasteiger partial charge in [0.25, 0.3) is 5.91 Å². The Labute approximate surface area is 164 Å². The quantitative estimate of drug-likeness (QED) is 0.598. The number of allylic oxidation sites excluding steroid dienone is 1. The highest BCUT2D eigenvalue weighted by Gasteiger charge is 2.17. The van der Waals surface area contributed by atoms with Crippen molar-refractivity contribution in [2.45, 2.75) is 11.4 Å². The fourth-order valence-corrected chi connectivity index (χ4v) is 4.56. The van der Waals surface area contributed by atoms with Crippen molar-refractivity contribution in [1.82, 2.24) is 4.57 Å². The number of nitrogens with zero attached hydrogens (tertiary/aromatic N) is 2. The first-order valence-electron chi connectivity index (χ1n) is 7.70. The lowest BCUT2D eigenvalue weighted by atomic mass is 10.2. The third kappa shape index (κ3) is 3.87. The zero-order valence-electron chi connectivity index (χ0n) is 14.1. The molecule has 0 atom stereocenters. The van der Waals surface area contributed by atoms with Crippen LogP contribution in [-0.2, 0) is 16.4 Å². The Morgan fingerprint density at radius 3 is 2.74 bits per heavy atom. The van der Waals surface area contributed by atoms with Gasteiger partial charge in [-0.15, -0.1) is 6.58 Å². The average Bonchev–Trinajstić information content (AvgIpc) is 2.91. The van der Waals surface area contributed by atoms with Crippen LogP contribution in [0.15, 0.2) is 58.9 Å². The Balaban J connectivity index is 2.23. The summed E-state index contributed by atoms with van der Waals surface area (Å²) in [7, 11) is -3.37. The first kappa shape index (κ1) is 19.5. The smallest absolute Gasteiger partial charge is 0.284 e. The number of carbonyl (C=O) groups is 1. The first-order chi connectivity index (χ1) is 12.7. The van der Waals surface area contributed by atoms with Crippen LogP contribution in [0.2, 0.25) is 5.02 Å². The predicted molar refractivity (Wildman–Crippen MR) is 104 cm³/mol. The van der Waals surface area contributed by atoms with E-state index in [-0.39, 0.29) is 15.5 Å². The molecule has 0 fully saturated rings. The minimum absolute atomic E-state index is 0.0282. The molecule has 1 aromatic heterocycles. The van der Waals surface area contributed by atoms with E-state index in [4.69, 9.17) is 11.6 Å². The van der Waals surface area contributed by atoms with Crippen LogP contribution >= 0.6 is 22.9 Å². The summed E-state index contributed by atoms with van der Waals surface area (Å²) in [5.74, 6) is -1.57. The number of aromatic nitrogens is 1. The van der Waals surface area contributed by atoms with E-state index >= 15 is 0 Å². The molecular weight excluding hydrogens is 411 g/mol. The number of rotatable bonds is 4. The Morgan fingerprint density at radius 2 is 2.11 bits per heavy atom. The second-order valence-electron chi connectivity index (χ2n) is 5.70. The van der Waals surface area contributed by atoms with Crippen LogP contribution in [0.4, 0.5) is 4.39 Å². The molecular formula is C18H14ClFN2O3S2. The molecule has 0 saturated heterocycles. The molecule has 0 saturated carbocycles. The van der Waals surface area contributed by atoms with Gasteiger partial charge in [-0.05, 0) is 30.3 Å². The minimum Gasteiger partial charge on any atom is -0.312 e. The highest BCUT2D eigenvalue weighted by Crippen LogP contribution is 2.23. The molecule has 0 N–H and O–H groups in total. The van der Waals surface area contributed by atoms with Crippen LogP contribution in [0, 0.1) is 5.82 Å². The number of hydrogen-bond donors (Lipinski definition) is 0. The molecule has 0 unspecified atom stereocenters. The van der Waals surface area contributed by atoms with Crippen LogP contribution in [0.25, 0.3) is 10.2 Å². The maximum atomic E-state index is 14.0. The number of hydrogen-bond acceptors (Lipinski definition) is 4. The molecule has 0 aliphatic heterocycles. The predicted octanol–water partition coefficient (Wildman–Crippen LogP) is 3.83. The van der Waals surface area contributed by atoms with E-state index in [1.165, 1.54) is 24.3 Å². The topological polar surface area (TPSA) is 68.5 Å². The number of sulfone groups is 1. The fourth-order valence-electron chi connectivity index (χ4n) is 2.52. The van der Waals surface area contributed by atoms with Crippen molar-refractivity contribution in [2.24, 2.45) is 4.99 Å². The molecule has 1 heterocycles. The lowest BCUT2D eigenvalue weighted by Crippen LogP contribution is -2.16. The standard InChI is InChI=1S/C18H14ClFN2O3S2/c1-3-9-22-14-8-7-11(27(2,24)25)10-15(14)26-18(22)21-17(23)16-12(19)5-4-6-13(16)20/h3-8,10H,1,9H2,2H3. The second kappa shape index (κ2) is 7.38. The summed E-state index contributed by atoms with van der Waals surface area (Å²) in [5, 5.41) is -0.0282. The fraction of sp³-hybridized carbons (Fsp3) is 0.111. The van der Waals surface area contributed by atoms with Gasteiger partial charge in [-0.3, -0.25) is 4.79 Å².